The molecule has 5 nitrogen and oxygen atoms in total. The topological polar surface area (TPSA) is 73.6 Å². The lowest BCUT2D eigenvalue weighted by atomic mass is 9.99. The first-order chi connectivity index (χ1) is 8.25. The number of rotatable bonds is 1. The number of hydrogen-bond acceptors (Lipinski definition) is 4. The van der Waals surface area contributed by atoms with E-state index in [1.54, 1.807) is 18.2 Å². The molecule has 0 unspecified atom stereocenters. The van der Waals surface area contributed by atoms with E-state index in [-0.39, 0.29) is 0 Å². The van der Waals surface area contributed by atoms with Crippen molar-refractivity contribution in [1.29, 1.82) is 0 Å². The summed E-state index contributed by atoms with van der Waals surface area (Å²) in [5.74, 6) is 0.742. The average Bonchev–Trinajstić information content (AvgIpc) is 2.35. The second kappa shape index (κ2) is 3.55. The normalized spacial score (nSPS) is 15.6. The van der Waals surface area contributed by atoms with E-state index < -0.39 is 5.91 Å². The number of carbonyl (C=O) groups is 1. The van der Waals surface area contributed by atoms with Gasteiger partial charge in [0.25, 0.3) is 0 Å². The van der Waals surface area contributed by atoms with Crippen molar-refractivity contribution in [2.45, 2.75) is 0 Å². The molecule has 0 bridgehead atoms. The number of hydrogen-bond donors (Lipinski definition) is 2. The molecular formula is C12H10N2O3. The number of ether oxygens (including phenoxy) is 2. The van der Waals surface area contributed by atoms with Crippen LogP contribution in [-0.4, -0.2) is 12.5 Å². The van der Waals surface area contributed by atoms with Crippen molar-refractivity contribution in [2.24, 2.45) is 5.73 Å². The molecular weight excluding hydrogens is 220 g/mol. The summed E-state index contributed by atoms with van der Waals surface area (Å²) >= 11 is 0. The second-order valence-corrected chi connectivity index (χ2v) is 3.72. The molecule has 0 radical (unpaired) electrons. The van der Waals surface area contributed by atoms with Crippen LogP contribution in [-0.2, 0) is 4.79 Å². The molecule has 0 atom stereocenters. The Bertz CT molecular complexity index is 561. The van der Waals surface area contributed by atoms with Crippen LogP contribution in [0.25, 0.3) is 5.57 Å². The fraction of sp³-hybridized carbons (Fsp3) is 0.0833. The molecule has 0 aromatic heterocycles. The highest BCUT2D eigenvalue weighted by atomic mass is 16.5. The maximum absolute atomic E-state index is 11.3. The van der Waals surface area contributed by atoms with Crippen LogP contribution in [0.4, 0.5) is 5.69 Å². The molecule has 1 aromatic rings. The maximum Gasteiger partial charge on any atom is 0.249 e. The van der Waals surface area contributed by atoms with Crippen LogP contribution >= 0.6 is 0 Å². The zero-order valence-electron chi connectivity index (χ0n) is 8.90. The van der Waals surface area contributed by atoms with Gasteiger partial charge in [0.05, 0.1) is 0 Å². The lowest BCUT2D eigenvalue weighted by molar-refractivity contribution is -0.112. The van der Waals surface area contributed by atoms with Crippen LogP contribution in [0.2, 0.25) is 0 Å². The lowest BCUT2D eigenvalue weighted by Crippen LogP contribution is -2.19. The first-order valence-electron chi connectivity index (χ1n) is 5.16. The minimum Gasteiger partial charge on any atom is -0.458 e. The summed E-state index contributed by atoms with van der Waals surface area (Å²) in [5, 5.41) is 3.15. The highest BCUT2D eigenvalue weighted by Crippen LogP contribution is 2.39. The zero-order chi connectivity index (χ0) is 11.8. The summed E-state index contributed by atoms with van der Waals surface area (Å²) in [4.78, 5) is 11.3. The van der Waals surface area contributed by atoms with E-state index in [9.17, 15) is 4.79 Å². The predicted octanol–water partition coefficient (Wildman–Crippen LogP) is 1.22. The molecule has 2 aliphatic rings. The van der Waals surface area contributed by atoms with Gasteiger partial charge < -0.3 is 20.5 Å². The Hall–Kier alpha value is -2.43. The van der Waals surface area contributed by atoms with E-state index in [1.807, 2.05) is 0 Å². The highest BCUT2D eigenvalue weighted by molar-refractivity contribution is 6.21. The number of primary amides is 1. The van der Waals surface area contributed by atoms with Crippen LogP contribution in [0.15, 0.2) is 30.7 Å². The van der Waals surface area contributed by atoms with Gasteiger partial charge in [-0.25, -0.2) is 0 Å². The number of carbonyl (C=O) groups excluding carboxylic acids is 1. The Morgan fingerprint density at radius 2 is 1.94 bits per heavy atom. The monoisotopic (exact) mass is 230 g/mol. The van der Waals surface area contributed by atoms with E-state index in [0.717, 1.165) is 11.3 Å². The Balaban J connectivity index is 2.14. The zero-order valence-corrected chi connectivity index (χ0v) is 8.90. The third kappa shape index (κ3) is 1.52. The Morgan fingerprint density at radius 3 is 2.65 bits per heavy atom. The van der Waals surface area contributed by atoms with Crippen molar-refractivity contribution >= 4 is 17.2 Å². The van der Waals surface area contributed by atoms with E-state index in [0.29, 0.717) is 23.6 Å². The molecule has 5 heteroatoms. The standard InChI is InChI=1S/C12H10N2O3/c13-12(15)7-1-2-14-9-6-11-10(5-8(7)9)16-3-4-17-11/h1,3-6,14H,2H2,(H2,13,15). The minimum atomic E-state index is -0.444. The van der Waals surface area contributed by atoms with Gasteiger partial charge in [0.2, 0.25) is 5.91 Å². The van der Waals surface area contributed by atoms with Crippen molar-refractivity contribution < 1.29 is 14.3 Å². The van der Waals surface area contributed by atoms with Gasteiger partial charge in [0.1, 0.15) is 12.5 Å². The highest BCUT2D eigenvalue weighted by Gasteiger charge is 2.21. The largest absolute Gasteiger partial charge is 0.458 e. The Labute approximate surface area is 97.5 Å². The van der Waals surface area contributed by atoms with Crippen LogP contribution in [0.3, 0.4) is 0 Å². The molecule has 1 amide bonds. The molecule has 0 saturated heterocycles. The third-order valence-electron chi connectivity index (χ3n) is 2.68. The van der Waals surface area contributed by atoms with Gasteiger partial charge in [-0.1, -0.05) is 6.08 Å². The number of amides is 1. The van der Waals surface area contributed by atoms with Crippen LogP contribution < -0.4 is 20.5 Å². The van der Waals surface area contributed by atoms with Crippen LogP contribution in [0.5, 0.6) is 11.5 Å². The van der Waals surface area contributed by atoms with E-state index >= 15 is 0 Å². The lowest BCUT2D eigenvalue weighted by Gasteiger charge is -2.21. The summed E-state index contributed by atoms with van der Waals surface area (Å²) in [6.45, 7) is 0.570. The van der Waals surface area contributed by atoms with Gasteiger partial charge in [0, 0.05) is 29.4 Å². The fourth-order valence-corrected chi connectivity index (χ4v) is 1.92. The molecule has 0 spiro atoms. The van der Waals surface area contributed by atoms with Gasteiger partial charge in [0.15, 0.2) is 11.5 Å². The Kier molecular flexibility index (Phi) is 2.04. The molecule has 3 N–H and O–H groups in total. The quantitative estimate of drug-likeness (QED) is 0.760. The number of anilines is 1. The molecule has 2 heterocycles. The van der Waals surface area contributed by atoms with Crippen molar-refractivity contribution in [3.8, 4) is 11.5 Å². The number of benzene rings is 1. The molecule has 0 aliphatic carbocycles. The SMILES string of the molecule is NC(=O)C1=CCNc2cc3c(cc21)OC=CO3. The molecule has 3 rings (SSSR count). The molecule has 2 aliphatic heterocycles. The molecule has 17 heavy (non-hydrogen) atoms. The second-order valence-electron chi connectivity index (χ2n) is 3.72. The first kappa shape index (κ1) is 9.77. The number of nitrogens with two attached hydrogens (primary N) is 1. The van der Waals surface area contributed by atoms with Crippen LogP contribution in [0.1, 0.15) is 5.56 Å². The van der Waals surface area contributed by atoms with Crippen molar-refractivity contribution in [1.82, 2.24) is 0 Å². The van der Waals surface area contributed by atoms with E-state index in [2.05, 4.69) is 5.32 Å². The smallest absolute Gasteiger partial charge is 0.249 e. The predicted molar refractivity (Wildman–Crippen MR) is 62.5 cm³/mol. The van der Waals surface area contributed by atoms with Gasteiger partial charge in [-0.2, -0.15) is 0 Å². The number of nitrogens with one attached hydrogen (secondary N) is 1. The van der Waals surface area contributed by atoms with E-state index in [4.69, 9.17) is 15.2 Å². The summed E-state index contributed by atoms with van der Waals surface area (Å²) in [6, 6.07) is 3.54. The van der Waals surface area contributed by atoms with Crippen molar-refractivity contribution in [2.75, 3.05) is 11.9 Å². The van der Waals surface area contributed by atoms with Crippen molar-refractivity contribution in [3.63, 3.8) is 0 Å². The summed E-state index contributed by atoms with van der Waals surface area (Å²) in [6.07, 6.45) is 4.66. The van der Waals surface area contributed by atoms with Gasteiger partial charge >= 0.3 is 0 Å². The molecule has 86 valence electrons. The van der Waals surface area contributed by atoms with Gasteiger partial charge in [-0.15, -0.1) is 0 Å². The summed E-state index contributed by atoms with van der Waals surface area (Å²) < 4.78 is 10.6. The fourth-order valence-electron chi connectivity index (χ4n) is 1.92. The average molecular weight is 230 g/mol. The molecule has 0 saturated carbocycles. The maximum atomic E-state index is 11.3. The third-order valence-corrected chi connectivity index (χ3v) is 2.68. The van der Waals surface area contributed by atoms with E-state index in [1.165, 1.54) is 12.5 Å². The van der Waals surface area contributed by atoms with Crippen LogP contribution in [0, 0.1) is 0 Å². The first-order valence-corrected chi connectivity index (χ1v) is 5.16. The number of fused-ring (bicyclic) bond motifs is 2. The summed E-state index contributed by atoms with van der Waals surface area (Å²) in [7, 11) is 0. The molecule has 0 fully saturated rings. The van der Waals surface area contributed by atoms with Crippen molar-refractivity contribution in [3.05, 3.63) is 36.3 Å². The molecule has 1 aromatic carbocycles. The minimum absolute atomic E-state index is 0.444. The Morgan fingerprint density at radius 1 is 1.24 bits per heavy atom. The van der Waals surface area contributed by atoms with Gasteiger partial charge in [-0.05, 0) is 6.07 Å². The summed E-state index contributed by atoms with van der Waals surface area (Å²) in [5.41, 5.74) is 7.39. The van der Waals surface area contributed by atoms with Gasteiger partial charge in [-0.3, -0.25) is 4.79 Å².